The van der Waals surface area contributed by atoms with Gasteiger partial charge in [-0.2, -0.15) is 5.10 Å². The first-order valence-corrected chi connectivity index (χ1v) is 20.1. The number of ether oxygens (including phenoxy) is 4. The van der Waals surface area contributed by atoms with Gasteiger partial charge in [0.05, 0.1) is 53.0 Å². The molecule has 0 unspecified atom stereocenters. The van der Waals surface area contributed by atoms with Crippen LogP contribution in [0.1, 0.15) is 96.6 Å². The largest absolute Gasteiger partial charge is 0.507 e. The minimum Gasteiger partial charge on any atom is -0.507 e. The van der Waals surface area contributed by atoms with E-state index in [1.54, 1.807) is 44.9 Å². The number of phenolic OH excluding ortho intramolecular Hbond substituents is 3. The molecule has 3 aliphatic rings. The number of rotatable bonds is 8. The Kier molecular flexibility index (Phi) is 15.2. The molecule has 15 nitrogen and oxygen atoms in total. The van der Waals surface area contributed by atoms with Gasteiger partial charge >= 0.3 is 11.8 Å². The average molecular weight is 824 g/mol. The number of ketones is 1. The number of esters is 1. The van der Waals surface area contributed by atoms with Gasteiger partial charge in [0.1, 0.15) is 23.4 Å². The Hall–Kier alpha value is -5.12. The molecule has 2 aromatic rings. The lowest BCUT2D eigenvalue weighted by molar-refractivity contribution is -0.160. The van der Waals surface area contributed by atoms with Crippen molar-refractivity contribution in [3.63, 3.8) is 0 Å². The van der Waals surface area contributed by atoms with E-state index in [0.29, 0.717) is 13.1 Å². The number of amides is 1. The van der Waals surface area contributed by atoms with Crippen LogP contribution in [0.5, 0.6) is 23.0 Å². The Labute approximate surface area is 346 Å². The van der Waals surface area contributed by atoms with Gasteiger partial charge in [-0.1, -0.05) is 59.8 Å². The van der Waals surface area contributed by atoms with Crippen molar-refractivity contribution in [2.75, 3.05) is 25.5 Å². The van der Waals surface area contributed by atoms with Crippen LogP contribution in [0.25, 0.3) is 10.8 Å². The molecule has 0 spiro atoms. The SMILES string of the molecule is CCCN(CCC)N=Cc1c2c(O)c3c(O)c(C)c4c(c3c1O)C(=O)[C@@](C)(OC=C[C@H](OC)[C@H](C)[C@H](OC(C)=O)[C@H](C)[C@H](O)[C@H](C)[C@@H](O)[C@@H](C)C=CC=C(C)C(=O)N2)O4. The van der Waals surface area contributed by atoms with Crippen molar-refractivity contribution in [2.24, 2.45) is 28.8 Å². The van der Waals surface area contributed by atoms with E-state index in [9.17, 15) is 39.9 Å². The molecule has 2 aromatic carbocycles. The monoisotopic (exact) mass is 823 g/mol. The zero-order valence-electron chi connectivity index (χ0n) is 35.9. The van der Waals surface area contributed by atoms with Crippen molar-refractivity contribution in [1.82, 2.24) is 5.01 Å². The number of allylic oxidation sites excluding steroid dienone is 2. The van der Waals surface area contributed by atoms with Crippen LogP contribution < -0.4 is 10.1 Å². The van der Waals surface area contributed by atoms with Crippen LogP contribution in [-0.2, 0) is 23.8 Å². The van der Waals surface area contributed by atoms with Gasteiger partial charge in [0.15, 0.2) is 5.75 Å². The fourth-order valence-electron chi connectivity index (χ4n) is 7.76. The maximum Gasteiger partial charge on any atom is 0.312 e. The molecule has 0 saturated carbocycles. The Bertz CT molecular complexity index is 2020. The van der Waals surface area contributed by atoms with E-state index in [2.05, 4.69) is 10.4 Å². The van der Waals surface area contributed by atoms with Crippen LogP contribution >= 0.6 is 0 Å². The van der Waals surface area contributed by atoms with Crippen LogP contribution in [0.2, 0.25) is 0 Å². The molecular weight excluding hydrogens is 762 g/mol. The van der Waals surface area contributed by atoms with Crippen molar-refractivity contribution in [3.8, 4) is 23.0 Å². The van der Waals surface area contributed by atoms with Crippen LogP contribution in [0.15, 0.2) is 41.2 Å². The molecule has 0 radical (unpaired) electrons. The number of nitrogens with one attached hydrogen (secondary N) is 1. The third kappa shape index (κ3) is 9.53. The summed E-state index contributed by atoms with van der Waals surface area (Å²) >= 11 is 0. The summed E-state index contributed by atoms with van der Waals surface area (Å²) in [5, 5.41) is 66.9. The molecule has 1 amide bonds. The van der Waals surface area contributed by atoms with E-state index in [1.165, 1.54) is 59.4 Å². The van der Waals surface area contributed by atoms with Crippen LogP contribution in [-0.4, -0.2) is 105 Å². The molecule has 324 valence electrons. The number of carbonyl (C=O) groups excluding carboxylic acids is 3. The summed E-state index contributed by atoms with van der Waals surface area (Å²) in [4.78, 5) is 40.5. The van der Waals surface area contributed by atoms with Crippen LogP contribution in [0.4, 0.5) is 5.69 Å². The fourth-order valence-corrected chi connectivity index (χ4v) is 7.76. The summed E-state index contributed by atoms with van der Waals surface area (Å²) in [5.74, 6) is -8.35. The fraction of sp³-hybridized carbons (Fsp3) is 0.545. The summed E-state index contributed by atoms with van der Waals surface area (Å²) in [6.45, 7) is 17.6. The van der Waals surface area contributed by atoms with Gasteiger partial charge in [-0.25, -0.2) is 0 Å². The van der Waals surface area contributed by atoms with Gasteiger partial charge in [-0.3, -0.25) is 19.4 Å². The van der Waals surface area contributed by atoms with Crippen LogP contribution in [0.3, 0.4) is 0 Å². The number of hydrogen-bond acceptors (Lipinski definition) is 14. The van der Waals surface area contributed by atoms with Crippen molar-refractivity contribution in [2.45, 2.75) is 112 Å². The van der Waals surface area contributed by atoms with Crippen molar-refractivity contribution in [1.29, 1.82) is 0 Å². The second kappa shape index (κ2) is 19.3. The Morgan fingerprint density at radius 2 is 1.59 bits per heavy atom. The van der Waals surface area contributed by atoms with Gasteiger partial charge in [0.25, 0.3) is 11.7 Å². The molecule has 5 rings (SSSR count). The first kappa shape index (κ1) is 46.6. The molecular formula is C44H61N3O12. The summed E-state index contributed by atoms with van der Waals surface area (Å²) in [5.41, 5.74) is -0.354. The Morgan fingerprint density at radius 3 is 2.19 bits per heavy atom. The van der Waals surface area contributed by atoms with E-state index in [-0.39, 0.29) is 44.5 Å². The van der Waals surface area contributed by atoms with Gasteiger partial charge in [-0.05, 0) is 32.8 Å². The lowest BCUT2D eigenvalue weighted by Crippen LogP contribution is -2.46. The van der Waals surface area contributed by atoms with Crippen molar-refractivity contribution < 1.29 is 58.9 Å². The topological polar surface area (TPSA) is 217 Å². The van der Waals surface area contributed by atoms with E-state index >= 15 is 0 Å². The number of hydrogen-bond donors (Lipinski definition) is 6. The minimum absolute atomic E-state index is 0.0556. The number of benzene rings is 2. The molecule has 0 aromatic heterocycles. The molecule has 0 saturated heterocycles. The standard InChI is InChI=1S/C44H61N3O12/c1-12-18-47(19-13-2)45-21-29-34-39(53)32-31(38(29)52)33-41(27(8)37(32)51)59-44(10,42(33)54)57-20-17-30(56-11)24(5)40(58-28(9)48)26(7)36(50)25(6)35(49)22(3)15-14-16-23(4)43(55)46-34/h14-17,20-22,24-26,30,35-36,40,49-53H,12-13,18-19H2,1-11H3,(H,46,55)/t22-,24-,25+,26+,30-,35-,36+,40-,44-/m0/s1. The van der Waals surface area contributed by atoms with E-state index in [1.807, 2.05) is 13.8 Å². The average Bonchev–Trinajstić information content (AvgIpc) is 3.46. The minimum atomic E-state index is -2.04. The van der Waals surface area contributed by atoms with Crippen LogP contribution in [0, 0.1) is 30.6 Å². The molecule has 3 aliphatic heterocycles. The number of aromatic hydroxyl groups is 3. The van der Waals surface area contributed by atoms with E-state index in [0.717, 1.165) is 12.8 Å². The molecule has 15 heteroatoms. The molecule has 9 atom stereocenters. The highest BCUT2D eigenvalue weighted by Gasteiger charge is 2.50. The summed E-state index contributed by atoms with van der Waals surface area (Å²) in [6.07, 6.45) is 6.38. The van der Waals surface area contributed by atoms with Gasteiger partial charge in [0, 0.05) is 74.2 Å². The smallest absolute Gasteiger partial charge is 0.312 e. The molecule has 0 aliphatic carbocycles. The van der Waals surface area contributed by atoms with E-state index in [4.69, 9.17) is 18.9 Å². The van der Waals surface area contributed by atoms with Gasteiger partial charge in [-0.15, -0.1) is 0 Å². The predicted octanol–water partition coefficient (Wildman–Crippen LogP) is 6.21. The zero-order valence-corrected chi connectivity index (χ0v) is 35.9. The maximum absolute atomic E-state index is 14.4. The third-order valence-electron chi connectivity index (χ3n) is 11.3. The first-order valence-electron chi connectivity index (χ1n) is 20.1. The number of Topliss-reactive ketones (excluding diaryl/α,β-unsaturated/α-hetero) is 1. The lowest BCUT2D eigenvalue weighted by Gasteiger charge is -2.38. The quantitative estimate of drug-likeness (QED) is 0.0575. The maximum atomic E-state index is 14.4. The molecule has 5 bridgehead atoms. The second-order valence-electron chi connectivity index (χ2n) is 15.8. The summed E-state index contributed by atoms with van der Waals surface area (Å²) in [7, 11) is 1.44. The number of nitrogens with zero attached hydrogens (tertiary/aromatic N) is 2. The normalized spacial score (nSPS) is 28.1. The second-order valence-corrected chi connectivity index (χ2v) is 15.8. The zero-order chi connectivity index (χ0) is 44.1. The third-order valence-corrected chi connectivity index (χ3v) is 11.3. The molecule has 59 heavy (non-hydrogen) atoms. The summed E-state index contributed by atoms with van der Waals surface area (Å²) in [6, 6.07) is 0. The summed E-state index contributed by atoms with van der Waals surface area (Å²) < 4.78 is 23.6. The van der Waals surface area contributed by atoms with Crippen molar-refractivity contribution >= 4 is 40.3 Å². The molecule has 0 fully saturated rings. The number of aliphatic hydroxyl groups is 2. The highest BCUT2D eigenvalue weighted by Crippen LogP contribution is 2.55. The predicted molar refractivity (Wildman–Crippen MR) is 224 cm³/mol. The number of aliphatic hydroxyl groups excluding tert-OH is 2. The number of anilines is 1. The highest BCUT2D eigenvalue weighted by atomic mass is 16.7. The first-order chi connectivity index (χ1) is 27.8. The van der Waals surface area contributed by atoms with Crippen molar-refractivity contribution in [3.05, 3.63) is 52.8 Å². The number of phenols is 3. The number of hydrazone groups is 1. The lowest BCUT2D eigenvalue weighted by atomic mass is 9.78. The van der Waals surface area contributed by atoms with Gasteiger partial charge in [0.2, 0.25) is 0 Å². The number of carbonyl (C=O) groups is 3. The Morgan fingerprint density at radius 1 is 0.949 bits per heavy atom. The number of methoxy groups -OCH3 is 1. The highest BCUT2D eigenvalue weighted by molar-refractivity contribution is 6.23. The Balaban J connectivity index is 2.00. The van der Waals surface area contributed by atoms with E-state index < -0.39 is 88.8 Å². The van der Waals surface area contributed by atoms with Gasteiger partial charge < -0.3 is 49.8 Å². The molecule has 6 N–H and O–H groups in total. The molecule has 3 heterocycles. The number of fused-ring (bicyclic) bond motifs is 14.